The summed E-state index contributed by atoms with van der Waals surface area (Å²) >= 11 is 0. The second-order valence-corrected chi connectivity index (χ2v) is 6.22. The van der Waals surface area contributed by atoms with Crippen molar-refractivity contribution in [2.45, 2.75) is 57.7 Å². The molecule has 0 bridgehead atoms. The lowest BCUT2D eigenvalue weighted by atomic mass is 9.77. The number of rotatable bonds is 3. The molecule has 2 N–H and O–H groups in total. The van der Waals surface area contributed by atoms with Gasteiger partial charge in [0.1, 0.15) is 0 Å². The number of fused-ring (bicyclic) bond motifs is 1. The molecule has 15 heavy (non-hydrogen) atoms. The van der Waals surface area contributed by atoms with E-state index in [4.69, 9.17) is 10.5 Å². The van der Waals surface area contributed by atoms with Crippen LogP contribution in [0.5, 0.6) is 0 Å². The van der Waals surface area contributed by atoms with Gasteiger partial charge < -0.3 is 10.5 Å². The first-order chi connectivity index (χ1) is 7.21. The van der Waals surface area contributed by atoms with Crippen molar-refractivity contribution in [2.24, 2.45) is 23.0 Å². The first kappa shape index (κ1) is 10.1. The Labute approximate surface area is 92.6 Å². The largest absolute Gasteiger partial charge is 0.375 e. The van der Waals surface area contributed by atoms with Crippen LogP contribution in [0, 0.1) is 17.3 Å². The van der Waals surface area contributed by atoms with E-state index in [0.717, 1.165) is 18.4 Å². The van der Waals surface area contributed by atoms with Gasteiger partial charge in [-0.15, -0.1) is 0 Å². The van der Waals surface area contributed by atoms with E-state index in [9.17, 15) is 0 Å². The molecule has 4 atom stereocenters. The second-order valence-electron chi connectivity index (χ2n) is 6.22. The second kappa shape index (κ2) is 3.46. The summed E-state index contributed by atoms with van der Waals surface area (Å²) in [5, 5.41) is 0. The van der Waals surface area contributed by atoms with Gasteiger partial charge in [0.2, 0.25) is 0 Å². The molecule has 0 radical (unpaired) electrons. The molecule has 0 aromatic rings. The molecule has 3 fully saturated rings. The molecule has 3 rings (SSSR count). The fraction of sp³-hybridized carbons (Fsp3) is 1.00. The minimum Gasteiger partial charge on any atom is -0.375 e. The van der Waals surface area contributed by atoms with Crippen LogP contribution < -0.4 is 5.73 Å². The molecule has 3 aliphatic rings. The van der Waals surface area contributed by atoms with Gasteiger partial charge in [-0.25, -0.2) is 0 Å². The number of ether oxygens (including phenoxy) is 1. The van der Waals surface area contributed by atoms with Crippen molar-refractivity contribution in [2.75, 3.05) is 6.54 Å². The van der Waals surface area contributed by atoms with E-state index in [1.165, 1.54) is 38.5 Å². The average molecular weight is 209 g/mol. The van der Waals surface area contributed by atoms with Crippen molar-refractivity contribution in [1.29, 1.82) is 0 Å². The van der Waals surface area contributed by atoms with E-state index in [1.54, 1.807) is 0 Å². The molecule has 2 nitrogen and oxygen atoms in total. The topological polar surface area (TPSA) is 35.2 Å². The van der Waals surface area contributed by atoms with Gasteiger partial charge in [-0.3, -0.25) is 0 Å². The molecule has 1 saturated heterocycles. The maximum Gasteiger partial charge on any atom is 0.0585 e. The van der Waals surface area contributed by atoms with Crippen LogP contribution >= 0.6 is 0 Å². The fourth-order valence-corrected chi connectivity index (χ4v) is 3.94. The summed E-state index contributed by atoms with van der Waals surface area (Å²) in [6.45, 7) is 3.08. The third-order valence-electron chi connectivity index (χ3n) is 4.87. The maximum atomic E-state index is 6.01. The standard InChI is InChI=1S/C13H23NO/c1-9-2-3-12(15-9)7-13(8-14)5-10-4-11(10)6-13/h9-12H,2-8,14H2,1H3. The van der Waals surface area contributed by atoms with Crippen molar-refractivity contribution in [3.8, 4) is 0 Å². The Morgan fingerprint density at radius 3 is 2.53 bits per heavy atom. The zero-order chi connectivity index (χ0) is 10.5. The van der Waals surface area contributed by atoms with Gasteiger partial charge in [-0.1, -0.05) is 0 Å². The third kappa shape index (κ3) is 1.83. The van der Waals surface area contributed by atoms with Crippen molar-refractivity contribution < 1.29 is 4.74 Å². The number of nitrogens with two attached hydrogens (primary N) is 1. The molecule has 86 valence electrons. The highest BCUT2D eigenvalue weighted by Gasteiger charge is 2.53. The molecule has 1 aliphatic heterocycles. The highest BCUT2D eigenvalue weighted by molar-refractivity contribution is 5.04. The summed E-state index contributed by atoms with van der Waals surface area (Å²) in [5.74, 6) is 2.07. The molecule has 0 spiro atoms. The molecular weight excluding hydrogens is 186 g/mol. The molecule has 4 unspecified atom stereocenters. The normalized spacial score (nSPS) is 53.2. The fourth-order valence-electron chi connectivity index (χ4n) is 3.94. The summed E-state index contributed by atoms with van der Waals surface area (Å²) in [4.78, 5) is 0. The van der Waals surface area contributed by atoms with Gasteiger partial charge in [0.05, 0.1) is 12.2 Å². The molecule has 0 amide bonds. The molecule has 1 heterocycles. The van der Waals surface area contributed by atoms with Crippen molar-refractivity contribution in [1.82, 2.24) is 0 Å². The minimum absolute atomic E-state index is 0.461. The Morgan fingerprint density at radius 1 is 1.27 bits per heavy atom. The van der Waals surface area contributed by atoms with Gasteiger partial charge in [0.15, 0.2) is 0 Å². The minimum atomic E-state index is 0.461. The van der Waals surface area contributed by atoms with Gasteiger partial charge >= 0.3 is 0 Å². The third-order valence-corrected chi connectivity index (χ3v) is 4.87. The lowest BCUT2D eigenvalue weighted by Gasteiger charge is -2.32. The van der Waals surface area contributed by atoms with Gasteiger partial charge in [-0.2, -0.15) is 0 Å². The van der Waals surface area contributed by atoms with Crippen LogP contribution in [0.25, 0.3) is 0 Å². The van der Waals surface area contributed by atoms with Crippen LogP contribution in [-0.2, 0) is 4.74 Å². The molecule has 0 aromatic heterocycles. The van der Waals surface area contributed by atoms with E-state index in [1.807, 2.05) is 0 Å². The van der Waals surface area contributed by atoms with E-state index in [2.05, 4.69) is 6.92 Å². The summed E-state index contributed by atoms with van der Waals surface area (Å²) in [6.07, 6.45) is 9.02. The average Bonchev–Trinajstić information content (AvgIpc) is 2.65. The summed E-state index contributed by atoms with van der Waals surface area (Å²) in [5.41, 5.74) is 6.47. The Hall–Kier alpha value is -0.0800. The molecule has 2 heteroatoms. The Bertz CT molecular complexity index is 243. The lowest BCUT2D eigenvalue weighted by molar-refractivity contribution is 0.0215. The predicted octanol–water partition coefficient (Wildman–Crippen LogP) is 2.32. The van der Waals surface area contributed by atoms with Crippen LogP contribution in [0.3, 0.4) is 0 Å². The summed E-state index contributed by atoms with van der Waals surface area (Å²) < 4.78 is 5.94. The number of hydrogen-bond donors (Lipinski definition) is 1. The smallest absolute Gasteiger partial charge is 0.0585 e. The summed E-state index contributed by atoms with van der Waals surface area (Å²) in [6, 6.07) is 0. The lowest BCUT2D eigenvalue weighted by Crippen LogP contribution is -2.33. The zero-order valence-corrected chi connectivity index (χ0v) is 9.74. The number of hydrogen-bond acceptors (Lipinski definition) is 2. The first-order valence-electron chi connectivity index (χ1n) is 6.56. The Balaban J connectivity index is 1.60. The molecule has 0 aromatic carbocycles. The molecule has 2 aliphatic carbocycles. The zero-order valence-electron chi connectivity index (χ0n) is 9.74. The SMILES string of the molecule is CC1CCC(CC2(CN)CC3CC3C2)O1. The van der Waals surface area contributed by atoms with Crippen molar-refractivity contribution in [3.63, 3.8) is 0 Å². The van der Waals surface area contributed by atoms with E-state index in [-0.39, 0.29) is 0 Å². The quantitative estimate of drug-likeness (QED) is 0.774. The first-order valence-corrected chi connectivity index (χ1v) is 6.56. The Kier molecular flexibility index (Phi) is 2.33. The van der Waals surface area contributed by atoms with Gasteiger partial charge in [0.25, 0.3) is 0 Å². The van der Waals surface area contributed by atoms with E-state index in [0.29, 0.717) is 17.6 Å². The van der Waals surface area contributed by atoms with Crippen LogP contribution in [0.4, 0.5) is 0 Å². The van der Waals surface area contributed by atoms with Crippen LogP contribution in [0.15, 0.2) is 0 Å². The monoisotopic (exact) mass is 209 g/mol. The summed E-state index contributed by atoms with van der Waals surface area (Å²) in [7, 11) is 0. The van der Waals surface area contributed by atoms with Gasteiger partial charge in [-0.05, 0) is 69.2 Å². The highest BCUT2D eigenvalue weighted by atomic mass is 16.5. The van der Waals surface area contributed by atoms with Crippen LogP contribution in [0.2, 0.25) is 0 Å². The van der Waals surface area contributed by atoms with Crippen LogP contribution in [-0.4, -0.2) is 18.8 Å². The van der Waals surface area contributed by atoms with Crippen molar-refractivity contribution in [3.05, 3.63) is 0 Å². The van der Waals surface area contributed by atoms with Gasteiger partial charge in [0, 0.05) is 0 Å². The molecule has 2 saturated carbocycles. The van der Waals surface area contributed by atoms with E-state index >= 15 is 0 Å². The van der Waals surface area contributed by atoms with Crippen LogP contribution in [0.1, 0.15) is 45.4 Å². The molecular formula is C13H23NO. The highest BCUT2D eigenvalue weighted by Crippen LogP contribution is 2.61. The maximum absolute atomic E-state index is 6.01. The van der Waals surface area contributed by atoms with Crippen molar-refractivity contribution >= 4 is 0 Å². The Morgan fingerprint density at radius 2 is 2.00 bits per heavy atom. The predicted molar refractivity (Wildman–Crippen MR) is 60.5 cm³/mol. The van der Waals surface area contributed by atoms with E-state index < -0.39 is 0 Å².